The Kier molecular flexibility index (Phi) is 3.58. The van der Waals surface area contributed by atoms with Crippen LogP contribution in [0.2, 0.25) is 5.02 Å². The van der Waals surface area contributed by atoms with Gasteiger partial charge in [0.1, 0.15) is 0 Å². The van der Waals surface area contributed by atoms with Crippen LogP contribution in [-0.4, -0.2) is 22.5 Å². The quantitative estimate of drug-likeness (QED) is 0.762. The highest BCUT2D eigenvalue weighted by Crippen LogP contribution is 2.34. The van der Waals surface area contributed by atoms with Gasteiger partial charge in [0.25, 0.3) is 5.91 Å². The molecule has 126 valence electrons. The van der Waals surface area contributed by atoms with Crippen LogP contribution in [0.3, 0.4) is 0 Å². The van der Waals surface area contributed by atoms with E-state index in [2.05, 4.69) is 10.4 Å². The number of fused-ring (bicyclic) bond motifs is 2. The van der Waals surface area contributed by atoms with Crippen LogP contribution in [0.15, 0.2) is 41.2 Å². The number of rotatable bonds is 2. The minimum Gasteiger partial charge on any atom is -0.454 e. The van der Waals surface area contributed by atoms with Crippen molar-refractivity contribution in [1.29, 1.82) is 0 Å². The van der Waals surface area contributed by atoms with Gasteiger partial charge in [0.2, 0.25) is 12.2 Å². The maximum atomic E-state index is 12.6. The molecule has 0 bridgehead atoms. The van der Waals surface area contributed by atoms with Crippen molar-refractivity contribution >= 4 is 34.1 Å². The lowest BCUT2D eigenvalue weighted by Gasteiger charge is -2.09. The first kappa shape index (κ1) is 15.5. The molecule has 0 saturated heterocycles. The Hall–Kier alpha value is -3.06. The highest BCUT2D eigenvalue weighted by atomic mass is 35.5. The van der Waals surface area contributed by atoms with Gasteiger partial charge in [0, 0.05) is 23.8 Å². The van der Waals surface area contributed by atoms with Gasteiger partial charge in [0.05, 0.1) is 10.9 Å². The van der Waals surface area contributed by atoms with Crippen LogP contribution < -0.4 is 20.2 Å². The molecule has 2 aromatic carbocycles. The molecule has 1 N–H and O–H groups in total. The third-order valence-corrected chi connectivity index (χ3v) is 4.10. The first-order valence-corrected chi connectivity index (χ1v) is 7.78. The first-order valence-electron chi connectivity index (χ1n) is 7.40. The van der Waals surface area contributed by atoms with Crippen molar-refractivity contribution in [3.05, 3.63) is 57.3 Å². The highest BCUT2D eigenvalue weighted by molar-refractivity contribution is 6.31. The number of hydrogen-bond donors (Lipinski definition) is 1. The molecule has 0 unspecified atom stereocenters. The molecule has 0 aliphatic carbocycles. The molecule has 1 aliphatic rings. The molecule has 0 fully saturated rings. The molecular weight excluding hydrogens is 346 g/mol. The fourth-order valence-corrected chi connectivity index (χ4v) is 2.83. The predicted molar refractivity (Wildman–Crippen MR) is 92.5 cm³/mol. The summed E-state index contributed by atoms with van der Waals surface area (Å²) in [7, 11) is 1.66. The largest absolute Gasteiger partial charge is 0.454 e. The molecular formula is C17H12ClN3O4. The molecule has 25 heavy (non-hydrogen) atoms. The second kappa shape index (κ2) is 5.78. The molecule has 0 radical (unpaired) electrons. The normalized spacial score (nSPS) is 12.4. The Morgan fingerprint density at radius 3 is 2.84 bits per heavy atom. The number of aryl methyl sites for hydroxylation is 1. The van der Waals surface area contributed by atoms with Crippen LogP contribution in [0.5, 0.6) is 11.5 Å². The van der Waals surface area contributed by atoms with Gasteiger partial charge in [-0.2, -0.15) is 5.10 Å². The summed E-state index contributed by atoms with van der Waals surface area (Å²) in [5.74, 6) is 0.526. The number of nitrogens with one attached hydrogen (secondary N) is 1. The Labute approximate surface area is 146 Å². The Bertz CT molecular complexity index is 1080. The number of aromatic nitrogens is 2. The standard InChI is InChI=1S/C17H12ClN3O4/c1-21-12-4-2-9(18)6-11(12)16(22)15(20-21)17(23)19-10-3-5-13-14(7-10)25-8-24-13/h2-7H,8H2,1H3,(H,19,23). The summed E-state index contributed by atoms with van der Waals surface area (Å²) < 4.78 is 12.0. The van der Waals surface area contributed by atoms with E-state index in [1.54, 1.807) is 37.4 Å². The second-order valence-electron chi connectivity index (χ2n) is 5.48. The van der Waals surface area contributed by atoms with Crippen molar-refractivity contribution in [3.8, 4) is 11.5 Å². The summed E-state index contributed by atoms with van der Waals surface area (Å²) in [5, 5.41) is 7.49. The summed E-state index contributed by atoms with van der Waals surface area (Å²) in [6, 6.07) is 9.85. The molecule has 0 atom stereocenters. The van der Waals surface area contributed by atoms with Crippen LogP contribution >= 0.6 is 11.6 Å². The number of hydrogen-bond acceptors (Lipinski definition) is 5. The van der Waals surface area contributed by atoms with E-state index in [4.69, 9.17) is 21.1 Å². The molecule has 0 spiro atoms. The van der Waals surface area contributed by atoms with Crippen molar-refractivity contribution in [2.45, 2.75) is 0 Å². The Morgan fingerprint density at radius 1 is 1.20 bits per heavy atom. The summed E-state index contributed by atoms with van der Waals surface area (Å²) in [6.07, 6.45) is 0. The fourth-order valence-electron chi connectivity index (χ4n) is 2.66. The van der Waals surface area contributed by atoms with E-state index in [0.717, 1.165) is 0 Å². The molecule has 3 aromatic rings. The van der Waals surface area contributed by atoms with Crippen molar-refractivity contribution in [2.24, 2.45) is 7.05 Å². The van der Waals surface area contributed by atoms with Crippen LogP contribution in [0.25, 0.3) is 10.9 Å². The van der Waals surface area contributed by atoms with E-state index in [0.29, 0.717) is 33.1 Å². The molecule has 1 amide bonds. The van der Waals surface area contributed by atoms with Gasteiger partial charge in [-0.05, 0) is 30.3 Å². The lowest BCUT2D eigenvalue weighted by Crippen LogP contribution is -2.26. The maximum absolute atomic E-state index is 12.6. The van der Waals surface area contributed by atoms with Crippen molar-refractivity contribution in [3.63, 3.8) is 0 Å². The average Bonchev–Trinajstić information content (AvgIpc) is 3.05. The molecule has 1 aromatic heterocycles. The molecule has 0 saturated carbocycles. The molecule has 7 nitrogen and oxygen atoms in total. The monoisotopic (exact) mass is 357 g/mol. The molecule has 4 rings (SSSR count). The molecule has 8 heteroatoms. The molecule has 2 heterocycles. The third kappa shape index (κ3) is 2.68. The van der Waals surface area contributed by atoms with Crippen molar-refractivity contribution in [1.82, 2.24) is 9.78 Å². The van der Waals surface area contributed by atoms with Crippen LogP contribution in [0.4, 0.5) is 5.69 Å². The average molecular weight is 358 g/mol. The summed E-state index contributed by atoms with van der Waals surface area (Å²) in [4.78, 5) is 25.1. The van der Waals surface area contributed by atoms with Gasteiger partial charge in [-0.15, -0.1) is 0 Å². The van der Waals surface area contributed by atoms with Gasteiger partial charge >= 0.3 is 0 Å². The van der Waals surface area contributed by atoms with Gasteiger partial charge in [0.15, 0.2) is 17.2 Å². The zero-order chi connectivity index (χ0) is 17.6. The fraction of sp³-hybridized carbons (Fsp3) is 0.118. The van der Waals surface area contributed by atoms with E-state index in [1.165, 1.54) is 10.7 Å². The number of benzene rings is 2. The number of anilines is 1. The van der Waals surface area contributed by atoms with Gasteiger partial charge in [-0.3, -0.25) is 14.3 Å². The number of ether oxygens (including phenoxy) is 2. The first-order chi connectivity index (χ1) is 12.0. The zero-order valence-corrected chi connectivity index (χ0v) is 13.8. The zero-order valence-electron chi connectivity index (χ0n) is 13.1. The number of nitrogens with zero attached hydrogens (tertiary/aromatic N) is 2. The van der Waals surface area contributed by atoms with Crippen molar-refractivity contribution < 1.29 is 14.3 Å². The van der Waals surface area contributed by atoms with E-state index in [-0.39, 0.29) is 12.5 Å². The third-order valence-electron chi connectivity index (χ3n) is 3.86. The maximum Gasteiger partial charge on any atom is 0.280 e. The topological polar surface area (TPSA) is 82.5 Å². The van der Waals surface area contributed by atoms with Gasteiger partial charge in [-0.1, -0.05) is 11.6 Å². The van der Waals surface area contributed by atoms with Crippen LogP contribution in [-0.2, 0) is 7.05 Å². The minimum atomic E-state index is -0.610. The lowest BCUT2D eigenvalue weighted by molar-refractivity contribution is 0.101. The number of carbonyl (C=O) groups excluding carboxylic acids is 1. The summed E-state index contributed by atoms with van der Waals surface area (Å²) in [5.41, 5.74) is 0.377. The number of carbonyl (C=O) groups is 1. The summed E-state index contributed by atoms with van der Waals surface area (Å²) >= 11 is 5.96. The van der Waals surface area contributed by atoms with Crippen molar-refractivity contribution in [2.75, 3.05) is 12.1 Å². The predicted octanol–water partition coefficient (Wildman–Crippen LogP) is 2.57. The van der Waals surface area contributed by atoms with Gasteiger partial charge in [-0.25, -0.2) is 0 Å². The van der Waals surface area contributed by atoms with E-state index >= 15 is 0 Å². The SMILES string of the molecule is Cn1nc(C(=O)Nc2ccc3c(c2)OCO3)c(=O)c2cc(Cl)ccc21. The van der Waals surface area contributed by atoms with Gasteiger partial charge < -0.3 is 14.8 Å². The smallest absolute Gasteiger partial charge is 0.280 e. The summed E-state index contributed by atoms with van der Waals surface area (Å²) in [6.45, 7) is 0.139. The van der Waals surface area contributed by atoms with E-state index in [1.807, 2.05) is 0 Å². The molecule has 1 aliphatic heterocycles. The Balaban J connectivity index is 1.73. The van der Waals surface area contributed by atoms with Crippen LogP contribution in [0, 0.1) is 0 Å². The lowest BCUT2D eigenvalue weighted by atomic mass is 10.2. The Morgan fingerprint density at radius 2 is 2.00 bits per heavy atom. The van der Waals surface area contributed by atoms with E-state index < -0.39 is 11.3 Å². The van der Waals surface area contributed by atoms with Crippen LogP contribution in [0.1, 0.15) is 10.5 Å². The second-order valence-corrected chi connectivity index (χ2v) is 5.92. The number of halogens is 1. The highest BCUT2D eigenvalue weighted by Gasteiger charge is 2.19. The minimum absolute atomic E-state index is 0.139. The number of amides is 1. The van der Waals surface area contributed by atoms with E-state index in [9.17, 15) is 9.59 Å².